The van der Waals surface area contributed by atoms with Gasteiger partial charge in [0.2, 0.25) is 5.76 Å². The molecule has 2 rings (SSSR count). The molecule has 0 saturated carbocycles. The highest BCUT2D eigenvalue weighted by Crippen LogP contribution is 2.19. The van der Waals surface area contributed by atoms with Crippen LogP contribution in [-0.4, -0.2) is 16.1 Å². The Bertz CT molecular complexity index is 477. The molecule has 2 heterocycles. The number of furan rings is 1. The van der Waals surface area contributed by atoms with Gasteiger partial charge >= 0.3 is 5.97 Å². The Kier molecular flexibility index (Phi) is 1.81. The number of hydrogen-bond acceptors (Lipinski definition) is 3. The zero-order valence-electron chi connectivity index (χ0n) is 6.32. The van der Waals surface area contributed by atoms with Crippen molar-refractivity contribution in [2.75, 3.05) is 0 Å². The van der Waals surface area contributed by atoms with Crippen LogP contribution in [0.15, 0.2) is 27.2 Å². The average molecular weight is 242 g/mol. The predicted molar refractivity (Wildman–Crippen MR) is 48.7 cm³/mol. The topological polar surface area (TPSA) is 63.3 Å². The lowest BCUT2D eigenvalue weighted by molar-refractivity contribution is 0.0665. The van der Waals surface area contributed by atoms with Crippen LogP contribution in [0.3, 0.4) is 0 Å². The Morgan fingerprint density at radius 1 is 1.54 bits per heavy atom. The number of fused-ring (bicyclic) bond motifs is 1. The van der Waals surface area contributed by atoms with E-state index in [1.165, 1.54) is 6.07 Å². The van der Waals surface area contributed by atoms with Crippen LogP contribution < -0.4 is 0 Å². The molecule has 2 aromatic rings. The normalized spacial score (nSPS) is 10.5. The minimum absolute atomic E-state index is 0.0967. The predicted octanol–water partition coefficient (Wildman–Crippen LogP) is 2.29. The Labute approximate surface area is 81.3 Å². The van der Waals surface area contributed by atoms with E-state index < -0.39 is 5.97 Å². The summed E-state index contributed by atoms with van der Waals surface area (Å²) in [7, 11) is 0. The van der Waals surface area contributed by atoms with Crippen LogP contribution in [0, 0.1) is 0 Å². The number of aromatic carboxylic acids is 1. The first-order valence-electron chi connectivity index (χ1n) is 3.46. The van der Waals surface area contributed by atoms with Gasteiger partial charge in [-0.25, -0.2) is 9.78 Å². The van der Waals surface area contributed by atoms with Gasteiger partial charge in [-0.3, -0.25) is 0 Å². The van der Waals surface area contributed by atoms with Crippen molar-refractivity contribution in [2.24, 2.45) is 0 Å². The lowest BCUT2D eigenvalue weighted by Gasteiger charge is -1.87. The maximum atomic E-state index is 10.5. The van der Waals surface area contributed by atoms with E-state index in [9.17, 15) is 4.79 Å². The van der Waals surface area contributed by atoms with Gasteiger partial charge in [-0.2, -0.15) is 0 Å². The summed E-state index contributed by atoms with van der Waals surface area (Å²) < 4.78 is 5.65. The van der Waals surface area contributed by atoms with E-state index in [-0.39, 0.29) is 5.76 Å². The summed E-state index contributed by atoms with van der Waals surface area (Å²) in [6.45, 7) is 0. The Balaban J connectivity index is 2.68. The quantitative estimate of drug-likeness (QED) is 0.779. The Morgan fingerprint density at radius 3 is 3.00 bits per heavy atom. The van der Waals surface area contributed by atoms with E-state index in [2.05, 4.69) is 20.9 Å². The molecule has 0 aromatic carbocycles. The van der Waals surface area contributed by atoms with Crippen LogP contribution in [0.4, 0.5) is 0 Å². The summed E-state index contributed by atoms with van der Waals surface area (Å²) in [5.41, 5.74) is 1.01. The van der Waals surface area contributed by atoms with Gasteiger partial charge in [0.25, 0.3) is 0 Å². The van der Waals surface area contributed by atoms with Gasteiger partial charge in [0.1, 0.15) is 10.1 Å². The molecule has 4 nitrogen and oxygen atoms in total. The van der Waals surface area contributed by atoms with Gasteiger partial charge in [0, 0.05) is 6.07 Å². The third-order valence-corrected chi connectivity index (χ3v) is 1.99. The monoisotopic (exact) mass is 241 g/mol. The molecule has 5 heteroatoms. The van der Waals surface area contributed by atoms with Crippen LogP contribution in [0.25, 0.3) is 11.1 Å². The van der Waals surface area contributed by atoms with E-state index >= 15 is 0 Å². The van der Waals surface area contributed by atoms with Gasteiger partial charge < -0.3 is 9.52 Å². The molecule has 66 valence electrons. The second-order valence-corrected chi connectivity index (χ2v) is 3.25. The van der Waals surface area contributed by atoms with E-state index in [4.69, 9.17) is 9.52 Å². The smallest absolute Gasteiger partial charge is 0.371 e. The van der Waals surface area contributed by atoms with Crippen LogP contribution in [0.1, 0.15) is 10.6 Å². The molecule has 0 fully saturated rings. The van der Waals surface area contributed by atoms with E-state index in [1.807, 2.05) is 0 Å². The summed E-state index contributed by atoms with van der Waals surface area (Å²) in [6.07, 6.45) is 0. The summed E-state index contributed by atoms with van der Waals surface area (Å²) in [5.74, 6) is -1.19. The summed E-state index contributed by atoms with van der Waals surface area (Å²) >= 11 is 3.18. The highest BCUT2D eigenvalue weighted by molar-refractivity contribution is 9.10. The molecule has 0 amide bonds. The standard InChI is InChI=1S/C8H4BrNO3/c9-7-2-1-5-4(10-7)3-6(13-5)8(11)12/h1-3H,(H,11,12). The fourth-order valence-corrected chi connectivity index (χ4v) is 1.33. The van der Waals surface area contributed by atoms with Crippen LogP contribution in [0.2, 0.25) is 0 Å². The van der Waals surface area contributed by atoms with E-state index in [0.29, 0.717) is 15.7 Å². The molecule has 0 bridgehead atoms. The molecule has 0 radical (unpaired) electrons. The number of hydrogen-bond donors (Lipinski definition) is 1. The maximum Gasteiger partial charge on any atom is 0.371 e. The molecular formula is C8H4BrNO3. The first-order chi connectivity index (χ1) is 6.16. The lowest BCUT2D eigenvalue weighted by atomic mass is 10.4. The van der Waals surface area contributed by atoms with Gasteiger partial charge in [-0.1, -0.05) is 0 Å². The first-order valence-corrected chi connectivity index (χ1v) is 4.25. The minimum Gasteiger partial charge on any atom is -0.475 e. The van der Waals surface area contributed by atoms with Gasteiger partial charge in [0.05, 0.1) is 0 Å². The Hall–Kier alpha value is -1.36. The van der Waals surface area contributed by atoms with Gasteiger partial charge in [-0.05, 0) is 28.1 Å². The van der Waals surface area contributed by atoms with Gasteiger partial charge in [-0.15, -0.1) is 0 Å². The van der Waals surface area contributed by atoms with E-state index in [0.717, 1.165) is 0 Å². The highest BCUT2D eigenvalue weighted by Gasteiger charge is 2.10. The summed E-state index contributed by atoms with van der Waals surface area (Å²) in [5, 5.41) is 8.62. The molecule has 0 aliphatic rings. The largest absolute Gasteiger partial charge is 0.475 e. The lowest BCUT2D eigenvalue weighted by Crippen LogP contribution is -1.91. The van der Waals surface area contributed by atoms with Crippen molar-refractivity contribution < 1.29 is 14.3 Å². The molecule has 13 heavy (non-hydrogen) atoms. The molecule has 0 saturated heterocycles. The van der Waals surface area contributed by atoms with Crippen molar-refractivity contribution >= 4 is 33.0 Å². The number of pyridine rings is 1. The van der Waals surface area contributed by atoms with Gasteiger partial charge in [0.15, 0.2) is 5.58 Å². The summed E-state index contributed by atoms with van der Waals surface area (Å²) in [6, 6.07) is 4.75. The number of carbonyl (C=O) groups is 1. The molecule has 0 aliphatic carbocycles. The van der Waals surface area contributed by atoms with Crippen molar-refractivity contribution in [3.05, 3.63) is 28.6 Å². The molecule has 0 atom stereocenters. The second kappa shape index (κ2) is 2.85. The average Bonchev–Trinajstić information content (AvgIpc) is 2.46. The molecule has 2 aromatic heterocycles. The maximum absolute atomic E-state index is 10.5. The zero-order chi connectivity index (χ0) is 9.42. The number of rotatable bonds is 1. The Morgan fingerprint density at radius 2 is 2.31 bits per heavy atom. The number of carboxylic acid groups (broad SMARTS) is 1. The molecule has 1 N–H and O–H groups in total. The van der Waals surface area contributed by atoms with Crippen molar-refractivity contribution in [2.45, 2.75) is 0 Å². The van der Waals surface area contributed by atoms with Crippen LogP contribution in [-0.2, 0) is 0 Å². The number of carboxylic acids is 1. The van der Waals surface area contributed by atoms with E-state index in [1.54, 1.807) is 12.1 Å². The van der Waals surface area contributed by atoms with Crippen molar-refractivity contribution in [1.82, 2.24) is 4.98 Å². The fraction of sp³-hybridized carbons (Fsp3) is 0. The molecule has 0 aliphatic heterocycles. The zero-order valence-corrected chi connectivity index (χ0v) is 7.91. The number of nitrogens with zero attached hydrogens (tertiary/aromatic N) is 1. The third-order valence-electron chi connectivity index (χ3n) is 1.55. The van der Waals surface area contributed by atoms with Crippen LogP contribution in [0.5, 0.6) is 0 Å². The number of aromatic nitrogens is 1. The first kappa shape index (κ1) is 8.25. The molecule has 0 spiro atoms. The highest BCUT2D eigenvalue weighted by atomic mass is 79.9. The second-order valence-electron chi connectivity index (χ2n) is 2.43. The van der Waals surface area contributed by atoms with Crippen molar-refractivity contribution in [1.29, 1.82) is 0 Å². The minimum atomic E-state index is -1.09. The number of halogens is 1. The summed E-state index contributed by atoms with van der Waals surface area (Å²) in [4.78, 5) is 14.6. The third kappa shape index (κ3) is 1.42. The van der Waals surface area contributed by atoms with Crippen LogP contribution >= 0.6 is 15.9 Å². The van der Waals surface area contributed by atoms with Crippen molar-refractivity contribution in [3.8, 4) is 0 Å². The molecular weight excluding hydrogens is 238 g/mol. The fourth-order valence-electron chi connectivity index (χ4n) is 1.00. The molecule has 0 unspecified atom stereocenters. The van der Waals surface area contributed by atoms with Crippen molar-refractivity contribution in [3.63, 3.8) is 0 Å². The SMILES string of the molecule is O=C(O)c1cc2nc(Br)ccc2o1.